The first kappa shape index (κ1) is 21.2. The van der Waals surface area contributed by atoms with Crippen LogP contribution in [0, 0.1) is 5.92 Å². The third-order valence-corrected chi connectivity index (χ3v) is 4.91. The molecule has 30 heavy (non-hydrogen) atoms. The summed E-state index contributed by atoms with van der Waals surface area (Å²) in [5, 5.41) is 14.6. The van der Waals surface area contributed by atoms with Gasteiger partial charge in [-0.05, 0) is 36.5 Å². The first-order chi connectivity index (χ1) is 14.4. The van der Waals surface area contributed by atoms with Gasteiger partial charge in [-0.1, -0.05) is 56.3 Å². The lowest BCUT2D eigenvalue weighted by atomic mass is 10.0. The van der Waals surface area contributed by atoms with Gasteiger partial charge in [-0.2, -0.15) is 0 Å². The van der Waals surface area contributed by atoms with Gasteiger partial charge in [0.15, 0.2) is 0 Å². The quantitative estimate of drug-likeness (QED) is 0.610. The molecular weight excluding hydrogens is 382 g/mol. The van der Waals surface area contributed by atoms with E-state index in [4.69, 9.17) is 0 Å². The fraction of sp³-hybridized carbons (Fsp3) is 0.304. The largest absolute Gasteiger partial charge is 0.548 e. The number of hydrogen-bond acceptors (Lipinski definition) is 5. The lowest BCUT2D eigenvalue weighted by Crippen LogP contribution is -2.51. The molecule has 0 spiro atoms. The highest BCUT2D eigenvalue weighted by atomic mass is 16.4. The van der Waals surface area contributed by atoms with E-state index >= 15 is 0 Å². The molecule has 3 rings (SSSR count). The van der Waals surface area contributed by atoms with Gasteiger partial charge in [0.05, 0.1) is 29.2 Å². The smallest absolute Gasteiger partial charge is 0.261 e. The highest BCUT2D eigenvalue weighted by Gasteiger charge is 2.26. The average molecular weight is 406 g/mol. The Labute approximate surface area is 174 Å². The monoisotopic (exact) mass is 406 g/mol. The molecular formula is C23H24N3O4-. The topological polar surface area (TPSA) is 104 Å². The van der Waals surface area contributed by atoms with Crippen molar-refractivity contribution in [2.75, 3.05) is 0 Å². The molecule has 0 radical (unpaired) electrons. The molecule has 7 heteroatoms. The van der Waals surface area contributed by atoms with Crippen LogP contribution < -0.4 is 16.0 Å². The molecule has 0 saturated carbocycles. The Bertz CT molecular complexity index is 1090. The SMILES string of the molecule is CC(C)C[C@@H](C(=O)N[C@@H](Cc1ccccc1)C(=O)[O-])n1cnc2ccccc2c1=O. The Hall–Kier alpha value is -3.48. The number of carboxylic acids is 1. The minimum absolute atomic E-state index is 0.0914. The molecule has 1 N–H and O–H groups in total. The van der Waals surface area contributed by atoms with Crippen LogP contribution in [-0.2, 0) is 16.0 Å². The number of carbonyl (C=O) groups excluding carboxylic acids is 2. The van der Waals surface area contributed by atoms with Gasteiger partial charge in [-0.15, -0.1) is 0 Å². The molecule has 0 aliphatic heterocycles. The van der Waals surface area contributed by atoms with Crippen LogP contribution in [0.25, 0.3) is 10.9 Å². The van der Waals surface area contributed by atoms with Crippen LogP contribution in [0.15, 0.2) is 65.7 Å². The van der Waals surface area contributed by atoms with Crippen LogP contribution in [0.2, 0.25) is 0 Å². The maximum absolute atomic E-state index is 13.1. The van der Waals surface area contributed by atoms with E-state index < -0.39 is 24.0 Å². The lowest BCUT2D eigenvalue weighted by molar-refractivity contribution is -0.308. The molecule has 0 bridgehead atoms. The van der Waals surface area contributed by atoms with E-state index in [1.165, 1.54) is 10.9 Å². The molecule has 1 amide bonds. The number of aliphatic carboxylic acids is 1. The van der Waals surface area contributed by atoms with Crippen molar-refractivity contribution in [3.8, 4) is 0 Å². The summed E-state index contributed by atoms with van der Waals surface area (Å²) in [6, 6.07) is 13.8. The van der Waals surface area contributed by atoms with Crippen molar-refractivity contribution in [2.45, 2.75) is 38.8 Å². The summed E-state index contributed by atoms with van der Waals surface area (Å²) >= 11 is 0. The average Bonchev–Trinajstić information content (AvgIpc) is 2.73. The molecule has 1 aromatic heterocycles. The fourth-order valence-electron chi connectivity index (χ4n) is 3.41. The van der Waals surface area contributed by atoms with Crippen molar-refractivity contribution >= 4 is 22.8 Å². The number of benzene rings is 2. The molecule has 0 saturated heterocycles. The van der Waals surface area contributed by atoms with Crippen molar-refractivity contribution in [3.05, 3.63) is 76.8 Å². The summed E-state index contributed by atoms with van der Waals surface area (Å²) in [4.78, 5) is 42.0. The van der Waals surface area contributed by atoms with Crippen molar-refractivity contribution in [1.29, 1.82) is 0 Å². The summed E-state index contributed by atoms with van der Waals surface area (Å²) < 4.78 is 1.28. The van der Waals surface area contributed by atoms with Crippen molar-refractivity contribution in [1.82, 2.24) is 14.9 Å². The molecule has 0 fully saturated rings. The molecule has 156 valence electrons. The summed E-state index contributed by atoms with van der Waals surface area (Å²) in [5.41, 5.74) is 0.963. The normalized spacial score (nSPS) is 13.2. The predicted octanol–water partition coefficient (Wildman–Crippen LogP) is 1.46. The number of fused-ring (bicyclic) bond motifs is 1. The van der Waals surface area contributed by atoms with Gasteiger partial charge in [0.1, 0.15) is 6.04 Å². The van der Waals surface area contributed by atoms with E-state index in [2.05, 4.69) is 10.3 Å². The first-order valence-corrected chi connectivity index (χ1v) is 9.88. The number of carboxylic acid groups (broad SMARTS) is 1. The van der Waals surface area contributed by atoms with Crippen molar-refractivity contribution in [3.63, 3.8) is 0 Å². The van der Waals surface area contributed by atoms with Gasteiger partial charge in [0, 0.05) is 0 Å². The van der Waals surface area contributed by atoms with Gasteiger partial charge in [-0.3, -0.25) is 14.2 Å². The van der Waals surface area contributed by atoms with E-state index in [1.807, 2.05) is 19.9 Å². The molecule has 3 aromatic rings. The van der Waals surface area contributed by atoms with Gasteiger partial charge in [0.25, 0.3) is 5.56 Å². The lowest BCUT2D eigenvalue weighted by Gasteiger charge is -2.25. The maximum atomic E-state index is 13.1. The number of aromatic nitrogens is 2. The van der Waals surface area contributed by atoms with Crippen LogP contribution >= 0.6 is 0 Å². The van der Waals surface area contributed by atoms with Crippen LogP contribution in [0.4, 0.5) is 0 Å². The van der Waals surface area contributed by atoms with E-state index in [9.17, 15) is 19.5 Å². The van der Waals surface area contributed by atoms with Gasteiger partial charge < -0.3 is 15.2 Å². The highest BCUT2D eigenvalue weighted by molar-refractivity contribution is 5.86. The van der Waals surface area contributed by atoms with E-state index in [0.29, 0.717) is 17.3 Å². The number of nitrogens with one attached hydrogen (secondary N) is 1. The van der Waals surface area contributed by atoms with Gasteiger partial charge >= 0.3 is 0 Å². The third-order valence-electron chi connectivity index (χ3n) is 4.91. The van der Waals surface area contributed by atoms with E-state index in [1.54, 1.807) is 48.5 Å². The summed E-state index contributed by atoms with van der Waals surface area (Å²) in [6.07, 6.45) is 1.80. The minimum Gasteiger partial charge on any atom is -0.548 e. The zero-order valence-electron chi connectivity index (χ0n) is 16.9. The Morgan fingerprint density at radius 1 is 1.07 bits per heavy atom. The van der Waals surface area contributed by atoms with Crippen LogP contribution in [-0.4, -0.2) is 27.5 Å². The van der Waals surface area contributed by atoms with Crippen LogP contribution in [0.3, 0.4) is 0 Å². The summed E-state index contributed by atoms with van der Waals surface area (Å²) in [7, 11) is 0. The maximum Gasteiger partial charge on any atom is 0.261 e. The predicted molar refractivity (Wildman–Crippen MR) is 112 cm³/mol. The number of carbonyl (C=O) groups is 2. The standard InChI is InChI=1S/C23H25N3O4/c1-15(2)12-20(26-14-24-18-11-7-6-10-17(18)22(26)28)21(27)25-19(23(29)30)13-16-8-4-3-5-9-16/h3-11,14-15,19-20H,12-13H2,1-2H3,(H,25,27)(H,29,30)/p-1/t19-,20-/m0/s1. The molecule has 2 atom stereocenters. The fourth-order valence-corrected chi connectivity index (χ4v) is 3.41. The number of nitrogens with zero attached hydrogens (tertiary/aromatic N) is 2. The summed E-state index contributed by atoms with van der Waals surface area (Å²) in [5.74, 6) is -1.83. The second-order valence-corrected chi connectivity index (χ2v) is 7.69. The van der Waals surface area contributed by atoms with Crippen LogP contribution in [0.5, 0.6) is 0 Å². The Kier molecular flexibility index (Phi) is 6.61. The molecule has 7 nitrogen and oxygen atoms in total. The molecule has 1 heterocycles. The van der Waals surface area contributed by atoms with Crippen LogP contribution in [0.1, 0.15) is 31.9 Å². The molecule has 2 aromatic carbocycles. The van der Waals surface area contributed by atoms with Gasteiger partial charge in [0.2, 0.25) is 5.91 Å². The van der Waals surface area contributed by atoms with Gasteiger partial charge in [-0.25, -0.2) is 4.98 Å². The van der Waals surface area contributed by atoms with Crippen molar-refractivity contribution < 1.29 is 14.7 Å². The molecule has 0 aliphatic rings. The Balaban J connectivity index is 1.91. The number of hydrogen-bond donors (Lipinski definition) is 1. The molecule has 0 unspecified atom stereocenters. The zero-order chi connectivity index (χ0) is 21.7. The van der Waals surface area contributed by atoms with E-state index in [-0.39, 0.29) is 17.9 Å². The zero-order valence-corrected chi connectivity index (χ0v) is 16.9. The highest BCUT2D eigenvalue weighted by Crippen LogP contribution is 2.18. The minimum atomic E-state index is -1.38. The Morgan fingerprint density at radius 3 is 2.40 bits per heavy atom. The Morgan fingerprint density at radius 2 is 1.73 bits per heavy atom. The summed E-state index contributed by atoms with van der Waals surface area (Å²) in [6.45, 7) is 3.86. The second kappa shape index (κ2) is 9.35. The third kappa shape index (κ3) is 4.92. The van der Waals surface area contributed by atoms with Crippen molar-refractivity contribution in [2.24, 2.45) is 5.92 Å². The number of rotatable bonds is 8. The number of para-hydroxylation sites is 1. The second-order valence-electron chi connectivity index (χ2n) is 7.69. The van der Waals surface area contributed by atoms with E-state index in [0.717, 1.165) is 5.56 Å². The number of amides is 1. The first-order valence-electron chi connectivity index (χ1n) is 9.88. The molecule has 0 aliphatic carbocycles.